The highest BCUT2D eigenvalue weighted by atomic mass is 32.2. The standard InChI is InChI=1S/C11H14N2O5S/c12-19(17,18)9-3-1-8(2-4-9)7-13-10(14)5-6-11(15)16/h1-4H,5-7H2,(H,13,14)(H,15,16)(H2,12,17,18). The second kappa shape index (κ2) is 6.30. The maximum atomic E-state index is 11.3. The lowest BCUT2D eigenvalue weighted by molar-refractivity contribution is -0.138. The molecule has 0 aliphatic carbocycles. The number of carbonyl (C=O) groups is 2. The van der Waals surface area contributed by atoms with Crippen LogP contribution in [-0.2, 0) is 26.2 Å². The van der Waals surface area contributed by atoms with Gasteiger partial charge < -0.3 is 10.4 Å². The highest BCUT2D eigenvalue weighted by Crippen LogP contribution is 2.08. The molecule has 1 amide bonds. The number of aliphatic carboxylic acids is 1. The van der Waals surface area contributed by atoms with E-state index in [4.69, 9.17) is 10.2 Å². The Morgan fingerprint density at radius 1 is 1.16 bits per heavy atom. The summed E-state index contributed by atoms with van der Waals surface area (Å²) in [6.07, 6.45) is -0.319. The minimum Gasteiger partial charge on any atom is -0.481 e. The van der Waals surface area contributed by atoms with Crippen LogP contribution in [0.5, 0.6) is 0 Å². The predicted octanol–water partition coefficient (Wildman–Crippen LogP) is -0.185. The van der Waals surface area contributed by atoms with E-state index in [9.17, 15) is 18.0 Å². The number of rotatable bonds is 6. The summed E-state index contributed by atoms with van der Waals surface area (Å²) in [4.78, 5) is 21.5. The van der Waals surface area contributed by atoms with Gasteiger partial charge in [-0.1, -0.05) is 12.1 Å². The Hall–Kier alpha value is -1.93. The van der Waals surface area contributed by atoms with Gasteiger partial charge in [0, 0.05) is 13.0 Å². The summed E-state index contributed by atoms with van der Waals surface area (Å²) in [5, 5.41) is 15.9. The van der Waals surface area contributed by atoms with Crippen molar-refractivity contribution in [1.82, 2.24) is 5.32 Å². The Balaban J connectivity index is 2.51. The van der Waals surface area contributed by atoms with E-state index >= 15 is 0 Å². The third-order valence-electron chi connectivity index (χ3n) is 2.31. The van der Waals surface area contributed by atoms with Crippen molar-refractivity contribution in [3.8, 4) is 0 Å². The van der Waals surface area contributed by atoms with Gasteiger partial charge in [0.2, 0.25) is 15.9 Å². The van der Waals surface area contributed by atoms with Gasteiger partial charge in [-0.05, 0) is 17.7 Å². The van der Waals surface area contributed by atoms with E-state index in [1.165, 1.54) is 24.3 Å². The van der Waals surface area contributed by atoms with Crippen LogP contribution in [-0.4, -0.2) is 25.4 Å². The molecule has 8 heteroatoms. The molecule has 0 aliphatic rings. The van der Waals surface area contributed by atoms with Crippen LogP contribution in [0.3, 0.4) is 0 Å². The molecule has 0 atom stereocenters. The summed E-state index contributed by atoms with van der Waals surface area (Å²) >= 11 is 0. The molecule has 19 heavy (non-hydrogen) atoms. The second-order valence-corrected chi connectivity index (χ2v) is 5.42. The third-order valence-corrected chi connectivity index (χ3v) is 3.24. The number of nitrogens with one attached hydrogen (secondary N) is 1. The van der Waals surface area contributed by atoms with Crippen LogP contribution in [0, 0.1) is 0 Å². The molecule has 0 unspecified atom stereocenters. The number of sulfonamides is 1. The summed E-state index contributed by atoms with van der Waals surface area (Å²) in [5.74, 6) is -1.41. The van der Waals surface area contributed by atoms with E-state index in [2.05, 4.69) is 5.32 Å². The van der Waals surface area contributed by atoms with Crippen LogP contribution in [0.2, 0.25) is 0 Å². The maximum absolute atomic E-state index is 11.3. The molecule has 4 N–H and O–H groups in total. The average molecular weight is 286 g/mol. The predicted molar refractivity (Wildman–Crippen MR) is 66.5 cm³/mol. The quantitative estimate of drug-likeness (QED) is 0.668. The van der Waals surface area contributed by atoms with Gasteiger partial charge in [-0.15, -0.1) is 0 Å². The number of nitrogens with two attached hydrogens (primary N) is 1. The van der Waals surface area contributed by atoms with Crippen molar-refractivity contribution in [2.24, 2.45) is 5.14 Å². The Bertz CT molecular complexity index is 565. The van der Waals surface area contributed by atoms with Gasteiger partial charge >= 0.3 is 5.97 Å². The van der Waals surface area contributed by atoms with Gasteiger partial charge in [-0.25, -0.2) is 13.6 Å². The fourth-order valence-corrected chi connectivity index (χ4v) is 1.82. The zero-order chi connectivity index (χ0) is 14.5. The minimum atomic E-state index is -3.72. The summed E-state index contributed by atoms with van der Waals surface area (Å²) in [6.45, 7) is 0.198. The van der Waals surface area contributed by atoms with E-state index in [-0.39, 0.29) is 30.2 Å². The van der Waals surface area contributed by atoms with Crippen LogP contribution in [0.1, 0.15) is 18.4 Å². The highest BCUT2D eigenvalue weighted by molar-refractivity contribution is 7.89. The van der Waals surface area contributed by atoms with Crippen molar-refractivity contribution in [2.75, 3.05) is 0 Å². The number of benzene rings is 1. The number of carboxylic acids is 1. The van der Waals surface area contributed by atoms with Crippen LogP contribution in [0.25, 0.3) is 0 Å². The van der Waals surface area contributed by atoms with Gasteiger partial charge in [0.05, 0.1) is 11.3 Å². The summed E-state index contributed by atoms with van der Waals surface area (Å²) in [7, 11) is -3.72. The van der Waals surface area contributed by atoms with Gasteiger partial charge in [0.15, 0.2) is 0 Å². The van der Waals surface area contributed by atoms with Gasteiger partial charge in [-0.3, -0.25) is 9.59 Å². The molecule has 0 spiro atoms. The first kappa shape index (κ1) is 15.1. The molecule has 7 nitrogen and oxygen atoms in total. The summed E-state index contributed by atoms with van der Waals surface area (Å²) in [6, 6.07) is 5.73. The average Bonchev–Trinajstić information content (AvgIpc) is 2.33. The Morgan fingerprint density at radius 3 is 2.21 bits per heavy atom. The van der Waals surface area contributed by atoms with E-state index in [0.717, 1.165) is 0 Å². The minimum absolute atomic E-state index is 0.00606. The van der Waals surface area contributed by atoms with Crippen molar-refractivity contribution in [1.29, 1.82) is 0 Å². The lowest BCUT2D eigenvalue weighted by atomic mass is 10.2. The second-order valence-electron chi connectivity index (χ2n) is 3.86. The van der Waals surface area contributed by atoms with Crippen LogP contribution >= 0.6 is 0 Å². The topological polar surface area (TPSA) is 127 Å². The molecular weight excluding hydrogens is 272 g/mol. The fourth-order valence-electron chi connectivity index (χ4n) is 1.31. The molecule has 0 saturated heterocycles. The molecule has 0 fully saturated rings. The van der Waals surface area contributed by atoms with Crippen molar-refractivity contribution in [2.45, 2.75) is 24.3 Å². The number of amides is 1. The lowest BCUT2D eigenvalue weighted by Gasteiger charge is -2.05. The zero-order valence-corrected chi connectivity index (χ0v) is 10.8. The summed E-state index contributed by atoms with van der Waals surface area (Å²) in [5.41, 5.74) is 0.691. The Kier molecular flexibility index (Phi) is 5.02. The van der Waals surface area contributed by atoms with E-state index in [1.807, 2.05) is 0 Å². The van der Waals surface area contributed by atoms with Crippen LogP contribution in [0.15, 0.2) is 29.2 Å². The van der Waals surface area contributed by atoms with Crippen molar-refractivity contribution < 1.29 is 23.1 Å². The number of hydrogen-bond donors (Lipinski definition) is 3. The molecule has 1 aromatic carbocycles. The van der Waals surface area contributed by atoms with Gasteiger partial charge in [0.1, 0.15) is 0 Å². The number of hydrogen-bond acceptors (Lipinski definition) is 4. The largest absolute Gasteiger partial charge is 0.481 e. The third kappa shape index (κ3) is 5.49. The van der Waals surface area contributed by atoms with Crippen LogP contribution < -0.4 is 10.5 Å². The molecule has 0 aliphatic heterocycles. The fraction of sp³-hybridized carbons (Fsp3) is 0.273. The Morgan fingerprint density at radius 2 is 1.74 bits per heavy atom. The maximum Gasteiger partial charge on any atom is 0.303 e. The molecule has 0 aromatic heterocycles. The molecule has 104 valence electrons. The Labute approximate surface area is 110 Å². The first-order valence-electron chi connectivity index (χ1n) is 5.39. The molecule has 0 radical (unpaired) electrons. The first-order chi connectivity index (χ1) is 8.79. The number of carbonyl (C=O) groups excluding carboxylic acids is 1. The first-order valence-corrected chi connectivity index (χ1v) is 6.94. The smallest absolute Gasteiger partial charge is 0.303 e. The molecule has 0 saturated carbocycles. The van der Waals surface area contributed by atoms with E-state index in [1.54, 1.807) is 0 Å². The van der Waals surface area contributed by atoms with Gasteiger partial charge in [0.25, 0.3) is 0 Å². The van der Waals surface area contributed by atoms with E-state index < -0.39 is 16.0 Å². The zero-order valence-electron chi connectivity index (χ0n) is 10.00. The molecule has 0 bridgehead atoms. The van der Waals surface area contributed by atoms with Crippen molar-refractivity contribution in [3.63, 3.8) is 0 Å². The van der Waals surface area contributed by atoms with Gasteiger partial charge in [-0.2, -0.15) is 0 Å². The normalized spacial score (nSPS) is 11.0. The van der Waals surface area contributed by atoms with E-state index in [0.29, 0.717) is 5.56 Å². The molecule has 0 heterocycles. The highest BCUT2D eigenvalue weighted by Gasteiger charge is 2.08. The lowest BCUT2D eigenvalue weighted by Crippen LogP contribution is -2.23. The van der Waals surface area contributed by atoms with Crippen molar-refractivity contribution in [3.05, 3.63) is 29.8 Å². The molecule has 1 rings (SSSR count). The SMILES string of the molecule is NS(=O)(=O)c1ccc(CNC(=O)CCC(=O)O)cc1. The van der Waals surface area contributed by atoms with Crippen LogP contribution in [0.4, 0.5) is 0 Å². The summed E-state index contributed by atoms with van der Waals surface area (Å²) < 4.78 is 22.0. The number of carboxylic acid groups (broad SMARTS) is 1. The van der Waals surface area contributed by atoms with Crippen molar-refractivity contribution >= 4 is 21.9 Å². The molecular formula is C11H14N2O5S. The monoisotopic (exact) mass is 286 g/mol. The number of primary sulfonamides is 1. The molecule has 1 aromatic rings.